The van der Waals surface area contributed by atoms with Crippen LogP contribution in [0.3, 0.4) is 0 Å². The second-order valence-electron chi connectivity index (χ2n) is 6.83. The first-order valence-electron chi connectivity index (χ1n) is 6.23. The molecule has 0 radical (unpaired) electrons. The van der Waals surface area contributed by atoms with Crippen molar-refractivity contribution in [1.82, 2.24) is 4.57 Å². The van der Waals surface area contributed by atoms with Gasteiger partial charge < -0.3 is 4.57 Å². The summed E-state index contributed by atoms with van der Waals surface area (Å²) < 4.78 is 2.29. The second-order valence-corrected chi connectivity index (χ2v) is 6.83. The number of aromatic nitrogens is 1. The highest BCUT2D eigenvalue weighted by Crippen LogP contribution is 2.35. The quantitative estimate of drug-likeness (QED) is 0.723. The van der Waals surface area contributed by atoms with Gasteiger partial charge in [0, 0.05) is 22.5 Å². The van der Waals surface area contributed by atoms with Crippen LogP contribution in [0.2, 0.25) is 0 Å². The van der Waals surface area contributed by atoms with Crippen LogP contribution in [0.4, 0.5) is 0 Å². The van der Waals surface area contributed by atoms with Crippen molar-refractivity contribution in [3.63, 3.8) is 0 Å². The molecule has 0 aromatic carbocycles. The summed E-state index contributed by atoms with van der Waals surface area (Å²) in [5.41, 5.74) is 3.36. The van der Waals surface area contributed by atoms with Crippen molar-refractivity contribution in [3.05, 3.63) is 23.0 Å². The molecule has 0 fully saturated rings. The third-order valence-electron chi connectivity index (χ3n) is 3.17. The van der Waals surface area contributed by atoms with Crippen LogP contribution in [0, 0.1) is 19.3 Å². The first-order valence-corrected chi connectivity index (χ1v) is 6.23. The third kappa shape index (κ3) is 2.99. The molecule has 0 bridgehead atoms. The summed E-state index contributed by atoms with van der Waals surface area (Å²) in [5.74, 6) is 0. The zero-order valence-corrected chi connectivity index (χ0v) is 12.2. The maximum absolute atomic E-state index is 11.0. The number of carbonyl (C=O) groups is 1. The summed E-state index contributed by atoms with van der Waals surface area (Å²) in [4.78, 5) is 11.0. The molecule has 17 heavy (non-hydrogen) atoms. The molecular weight excluding hydrogens is 210 g/mol. The Morgan fingerprint density at radius 2 is 1.71 bits per heavy atom. The summed E-state index contributed by atoms with van der Waals surface area (Å²) in [6.07, 6.45) is 2.03. The maximum atomic E-state index is 11.0. The summed E-state index contributed by atoms with van der Waals surface area (Å²) >= 11 is 0. The van der Waals surface area contributed by atoms with Crippen LogP contribution < -0.4 is 0 Å². The van der Waals surface area contributed by atoms with Gasteiger partial charge in [0.1, 0.15) is 0 Å². The van der Waals surface area contributed by atoms with E-state index in [4.69, 9.17) is 0 Å². The Balaban J connectivity index is 3.23. The molecule has 0 spiro atoms. The van der Waals surface area contributed by atoms with E-state index in [1.165, 1.54) is 5.69 Å². The molecule has 96 valence electrons. The lowest BCUT2D eigenvalue weighted by molar-refractivity contribution is 0.112. The van der Waals surface area contributed by atoms with Crippen molar-refractivity contribution in [1.29, 1.82) is 0 Å². The van der Waals surface area contributed by atoms with Crippen molar-refractivity contribution in [2.75, 3.05) is 0 Å². The standard InChI is InChI=1S/C15H25NO/c1-11-8-13(9-17)12(2)16(11)15(6,7)10-14(3,4)5/h8-9H,10H2,1-7H3. The molecule has 0 unspecified atom stereocenters. The van der Waals surface area contributed by atoms with Gasteiger partial charge in [0.15, 0.2) is 6.29 Å². The van der Waals surface area contributed by atoms with Crippen molar-refractivity contribution < 1.29 is 4.79 Å². The summed E-state index contributed by atoms with van der Waals surface area (Å²) in [6.45, 7) is 15.3. The van der Waals surface area contributed by atoms with E-state index in [-0.39, 0.29) is 11.0 Å². The van der Waals surface area contributed by atoms with Crippen LogP contribution in [0.5, 0.6) is 0 Å². The van der Waals surface area contributed by atoms with Crippen LogP contribution in [0.1, 0.15) is 62.8 Å². The zero-order chi connectivity index (χ0) is 13.4. The number of aldehydes is 1. The molecule has 0 N–H and O–H groups in total. The minimum atomic E-state index is 0.0354. The highest BCUT2D eigenvalue weighted by Gasteiger charge is 2.29. The molecule has 1 aromatic heterocycles. The fraction of sp³-hybridized carbons (Fsp3) is 0.667. The lowest BCUT2D eigenvalue weighted by atomic mass is 9.81. The Bertz CT molecular complexity index is 419. The number of aryl methyl sites for hydroxylation is 1. The van der Waals surface area contributed by atoms with E-state index in [9.17, 15) is 4.79 Å². The third-order valence-corrected chi connectivity index (χ3v) is 3.17. The van der Waals surface area contributed by atoms with Gasteiger partial charge in [-0.05, 0) is 45.6 Å². The molecular formula is C15H25NO. The van der Waals surface area contributed by atoms with Gasteiger partial charge in [-0.15, -0.1) is 0 Å². The topological polar surface area (TPSA) is 22.0 Å². The van der Waals surface area contributed by atoms with E-state index in [0.29, 0.717) is 0 Å². The molecule has 1 rings (SSSR count). The number of hydrogen-bond donors (Lipinski definition) is 0. The van der Waals surface area contributed by atoms with Crippen molar-refractivity contribution >= 4 is 6.29 Å². The fourth-order valence-electron chi connectivity index (χ4n) is 3.22. The summed E-state index contributed by atoms with van der Waals surface area (Å²) in [5, 5.41) is 0. The van der Waals surface area contributed by atoms with Crippen molar-refractivity contribution in [2.45, 2.75) is 60.4 Å². The van der Waals surface area contributed by atoms with Gasteiger partial charge in [0.05, 0.1) is 0 Å². The normalized spacial score (nSPS) is 12.9. The molecule has 0 saturated carbocycles. The molecule has 1 heterocycles. The number of rotatable bonds is 3. The molecule has 0 aliphatic carbocycles. The first-order chi connectivity index (χ1) is 7.58. The van der Waals surface area contributed by atoms with Gasteiger partial charge in [-0.3, -0.25) is 4.79 Å². The van der Waals surface area contributed by atoms with E-state index in [1.807, 2.05) is 13.0 Å². The second kappa shape index (κ2) is 4.32. The van der Waals surface area contributed by atoms with E-state index in [0.717, 1.165) is 24.0 Å². The molecule has 1 aromatic rings. The molecule has 0 amide bonds. The molecule has 0 atom stereocenters. The largest absolute Gasteiger partial charge is 0.343 e. The lowest BCUT2D eigenvalue weighted by Crippen LogP contribution is -2.33. The van der Waals surface area contributed by atoms with Gasteiger partial charge in [-0.25, -0.2) is 0 Å². The number of carbonyl (C=O) groups excluding carboxylic acids is 1. The SMILES string of the molecule is Cc1cc(C=O)c(C)n1C(C)(C)CC(C)(C)C. The van der Waals surface area contributed by atoms with Gasteiger partial charge >= 0.3 is 0 Å². The van der Waals surface area contributed by atoms with Crippen LogP contribution in [0.15, 0.2) is 6.07 Å². The fourth-order valence-corrected chi connectivity index (χ4v) is 3.22. The predicted molar refractivity (Wildman–Crippen MR) is 72.7 cm³/mol. The van der Waals surface area contributed by atoms with Gasteiger partial charge in [0.2, 0.25) is 0 Å². The lowest BCUT2D eigenvalue weighted by Gasteiger charge is -2.36. The van der Waals surface area contributed by atoms with Gasteiger partial charge in [-0.2, -0.15) is 0 Å². The minimum Gasteiger partial charge on any atom is -0.343 e. The Morgan fingerprint density at radius 3 is 2.06 bits per heavy atom. The average molecular weight is 235 g/mol. The number of hydrogen-bond acceptors (Lipinski definition) is 1. The molecule has 0 aliphatic rings. The first kappa shape index (κ1) is 14.0. The smallest absolute Gasteiger partial charge is 0.151 e. The van der Waals surface area contributed by atoms with E-state index in [1.54, 1.807) is 0 Å². The maximum Gasteiger partial charge on any atom is 0.151 e. The van der Waals surface area contributed by atoms with Crippen molar-refractivity contribution in [3.8, 4) is 0 Å². The highest BCUT2D eigenvalue weighted by atomic mass is 16.1. The van der Waals surface area contributed by atoms with Crippen LogP contribution in [-0.4, -0.2) is 10.9 Å². The summed E-state index contributed by atoms with van der Waals surface area (Å²) in [7, 11) is 0. The van der Waals surface area contributed by atoms with E-state index >= 15 is 0 Å². The molecule has 0 aliphatic heterocycles. The van der Waals surface area contributed by atoms with Crippen LogP contribution in [0.25, 0.3) is 0 Å². The highest BCUT2D eigenvalue weighted by molar-refractivity contribution is 5.77. The summed E-state index contributed by atoms with van der Waals surface area (Å²) in [6, 6.07) is 1.98. The van der Waals surface area contributed by atoms with Crippen LogP contribution in [-0.2, 0) is 5.54 Å². The molecule has 2 nitrogen and oxygen atoms in total. The Labute approximate surface area is 105 Å². The molecule has 0 saturated heterocycles. The Hall–Kier alpha value is -1.05. The molecule has 2 heteroatoms. The van der Waals surface area contributed by atoms with Gasteiger partial charge in [0.25, 0.3) is 0 Å². The van der Waals surface area contributed by atoms with Gasteiger partial charge in [-0.1, -0.05) is 20.8 Å². The minimum absolute atomic E-state index is 0.0354. The average Bonchev–Trinajstić information content (AvgIpc) is 2.37. The van der Waals surface area contributed by atoms with Crippen LogP contribution >= 0.6 is 0 Å². The Morgan fingerprint density at radius 1 is 1.18 bits per heavy atom. The zero-order valence-electron chi connectivity index (χ0n) is 12.2. The number of nitrogens with zero attached hydrogens (tertiary/aromatic N) is 1. The van der Waals surface area contributed by atoms with E-state index < -0.39 is 0 Å². The van der Waals surface area contributed by atoms with E-state index in [2.05, 4.69) is 46.1 Å². The van der Waals surface area contributed by atoms with Crippen molar-refractivity contribution in [2.24, 2.45) is 5.41 Å². The Kier molecular flexibility index (Phi) is 3.56. The monoisotopic (exact) mass is 235 g/mol. The predicted octanol–water partition coefficient (Wildman–Crippen LogP) is 4.09.